The fourth-order valence-electron chi connectivity index (χ4n) is 5.33. The van der Waals surface area contributed by atoms with Crippen molar-refractivity contribution in [1.82, 2.24) is 9.80 Å². The Balaban J connectivity index is 1.47. The SMILES string of the molecule is CC=C=CN(CCc1ccccc1)C(=N)C(c1cccc(OC)c1C1=C[CH]1)N1CCN(c2ccccc2)CC1. The molecule has 3 aromatic carbocycles. The molecule has 1 fully saturated rings. The fraction of sp³-hybridized carbons (Fsp3) is 0.265. The summed E-state index contributed by atoms with van der Waals surface area (Å²) in [4.78, 5) is 6.96. The molecule has 5 nitrogen and oxygen atoms in total. The van der Waals surface area contributed by atoms with Crippen molar-refractivity contribution in [2.24, 2.45) is 0 Å². The molecule has 5 rings (SSSR count). The first-order valence-corrected chi connectivity index (χ1v) is 13.7. The maximum atomic E-state index is 9.64. The topological polar surface area (TPSA) is 42.8 Å². The number of nitrogens with one attached hydrogen (secondary N) is 1. The van der Waals surface area contributed by atoms with Gasteiger partial charge in [0.25, 0.3) is 0 Å². The van der Waals surface area contributed by atoms with Gasteiger partial charge in [-0.3, -0.25) is 10.3 Å². The molecule has 199 valence electrons. The quantitative estimate of drug-likeness (QED) is 0.193. The Morgan fingerprint density at radius 1 is 0.974 bits per heavy atom. The van der Waals surface area contributed by atoms with Crippen LogP contribution in [0, 0.1) is 11.8 Å². The van der Waals surface area contributed by atoms with Crippen molar-refractivity contribution < 1.29 is 4.74 Å². The zero-order chi connectivity index (χ0) is 27.0. The second-order valence-corrected chi connectivity index (χ2v) is 9.87. The summed E-state index contributed by atoms with van der Waals surface area (Å²) in [5.41, 5.74) is 9.15. The molecule has 1 saturated heterocycles. The van der Waals surface area contributed by atoms with Crippen LogP contribution in [0.4, 0.5) is 5.69 Å². The van der Waals surface area contributed by atoms with Gasteiger partial charge in [-0.05, 0) is 54.3 Å². The van der Waals surface area contributed by atoms with Crippen LogP contribution in [-0.4, -0.2) is 55.5 Å². The van der Waals surface area contributed by atoms with E-state index in [9.17, 15) is 5.41 Å². The standard InChI is InChI=1S/C34H37N4O/c1-3-4-21-38(22-20-27-12-7-5-8-13-27)34(35)33(30-16-11-17-31(39-2)32(30)28-18-19-28)37-25-23-36(24-26-37)29-14-9-6-10-15-29/h3,5-19,21,33,35H,20,22-26H2,1-2H3. The number of methoxy groups -OCH3 is 1. The summed E-state index contributed by atoms with van der Waals surface area (Å²) in [5.74, 6) is 1.41. The molecule has 1 atom stereocenters. The molecule has 1 aliphatic heterocycles. The third-order valence-corrected chi connectivity index (χ3v) is 7.45. The number of amidine groups is 1. The summed E-state index contributed by atoms with van der Waals surface area (Å²) in [6.45, 7) is 6.22. The minimum atomic E-state index is -0.214. The molecular formula is C34H37N4O. The predicted molar refractivity (Wildman–Crippen MR) is 161 cm³/mol. The molecule has 1 aliphatic carbocycles. The van der Waals surface area contributed by atoms with E-state index < -0.39 is 0 Å². The lowest BCUT2D eigenvalue weighted by Gasteiger charge is -2.42. The van der Waals surface area contributed by atoms with Gasteiger partial charge in [0.2, 0.25) is 0 Å². The van der Waals surface area contributed by atoms with Crippen molar-refractivity contribution in [1.29, 1.82) is 5.41 Å². The summed E-state index contributed by atoms with van der Waals surface area (Å²) in [6.07, 6.45) is 8.94. The summed E-state index contributed by atoms with van der Waals surface area (Å²) in [5, 5.41) is 9.64. The van der Waals surface area contributed by atoms with E-state index in [-0.39, 0.29) is 6.04 Å². The Morgan fingerprint density at radius 3 is 2.31 bits per heavy atom. The van der Waals surface area contributed by atoms with E-state index in [1.54, 1.807) is 7.11 Å². The van der Waals surface area contributed by atoms with Gasteiger partial charge in [0.05, 0.1) is 13.2 Å². The molecule has 0 saturated carbocycles. The molecule has 1 radical (unpaired) electrons. The molecule has 2 aliphatic rings. The Hall–Kier alpha value is -4.05. The Bertz CT molecular complexity index is 1350. The Labute approximate surface area is 232 Å². The summed E-state index contributed by atoms with van der Waals surface area (Å²) in [6, 6.07) is 27.1. The lowest BCUT2D eigenvalue weighted by molar-refractivity contribution is 0.218. The van der Waals surface area contributed by atoms with E-state index in [1.165, 1.54) is 16.8 Å². The third-order valence-electron chi connectivity index (χ3n) is 7.45. The largest absolute Gasteiger partial charge is 0.496 e. The van der Waals surface area contributed by atoms with Crippen LogP contribution in [0.5, 0.6) is 5.75 Å². The van der Waals surface area contributed by atoms with Gasteiger partial charge in [0, 0.05) is 56.6 Å². The monoisotopic (exact) mass is 517 g/mol. The van der Waals surface area contributed by atoms with Gasteiger partial charge >= 0.3 is 0 Å². The van der Waals surface area contributed by atoms with Crippen molar-refractivity contribution in [2.75, 3.05) is 44.7 Å². The number of rotatable bonds is 10. The van der Waals surface area contributed by atoms with Crippen molar-refractivity contribution in [3.8, 4) is 5.75 Å². The molecular weight excluding hydrogens is 480 g/mol. The van der Waals surface area contributed by atoms with Gasteiger partial charge in [-0.15, -0.1) is 5.73 Å². The Morgan fingerprint density at radius 2 is 1.67 bits per heavy atom. The number of allylic oxidation sites excluding steroid dienone is 3. The molecule has 39 heavy (non-hydrogen) atoms. The number of nitrogens with zero attached hydrogens (tertiary/aromatic N) is 3. The maximum Gasteiger partial charge on any atom is 0.126 e. The lowest BCUT2D eigenvalue weighted by atomic mass is 9.94. The normalized spacial score (nSPS) is 15.5. The van der Waals surface area contributed by atoms with Gasteiger partial charge in [-0.2, -0.15) is 0 Å². The molecule has 0 amide bonds. The molecule has 0 aromatic heterocycles. The first-order chi connectivity index (χ1) is 19.2. The van der Waals surface area contributed by atoms with Crippen LogP contribution in [0.3, 0.4) is 0 Å². The molecule has 0 spiro atoms. The van der Waals surface area contributed by atoms with Crippen LogP contribution in [-0.2, 0) is 6.42 Å². The molecule has 3 aromatic rings. The number of hydrogen-bond donors (Lipinski definition) is 1. The second-order valence-electron chi connectivity index (χ2n) is 9.87. The van der Waals surface area contributed by atoms with Crippen LogP contribution in [0.1, 0.15) is 29.7 Å². The first-order valence-electron chi connectivity index (χ1n) is 13.7. The van der Waals surface area contributed by atoms with E-state index in [0.717, 1.165) is 49.5 Å². The van der Waals surface area contributed by atoms with Crippen molar-refractivity contribution in [3.05, 3.63) is 126 Å². The summed E-state index contributed by atoms with van der Waals surface area (Å²) < 4.78 is 5.81. The van der Waals surface area contributed by atoms with Crippen LogP contribution >= 0.6 is 0 Å². The number of hydrogen-bond acceptors (Lipinski definition) is 4. The third kappa shape index (κ3) is 6.34. The highest BCUT2D eigenvalue weighted by Crippen LogP contribution is 2.42. The van der Waals surface area contributed by atoms with Gasteiger partial charge < -0.3 is 14.5 Å². The highest BCUT2D eigenvalue weighted by atomic mass is 16.5. The van der Waals surface area contributed by atoms with Crippen LogP contribution < -0.4 is 9.64 Å². The minimum Gasteiger partial charge on any atom is -0.496 e. The maximum absolute atomic E-state index is 9.64. The molecule has 1 heterocycles. The van der Waals surface area contributed by atoms with E-state index in [2.05, 4.69) is 99.7 Å². The first kappa shape index (κ1) is 26.6. The number of anilines is 1. The van der Waals surface area contributed by atoms with E-state index in [1.807, 2.05) is 31.3 Å². The summed E-state index contributed by atoms with van der Waals surface area (Å²) >= 11 is 0. The predicted octanol–water partition coefficient (Wildman–Crippen LogP) is 6.37. The molecule has 1 unspecified atom stereocenters. The fourth-order valence-corrected chi connectivity index (χ4v) is 5.33. The number of ether oxygens (including phenoxy) is 1. The van der Waals surface area contributed by atoms with E-state index in [0.29, 0.717) is 12.4 Å². The van der Waals surface area contributed by atoms with Crippen LogP contribution in [0.2, 0.25) is 0 Å². The van der Waals surface area contributed by atoms with E-state index >= 15 is 0 Å². The molecule has 1 N–H and O–H groups in total. The molecule has 0 bridgehead atoms. The average molecular weight is 518 g/mol. The van der Waals surface area contributed by atoms with Gasteiger partial charge in [-0.1, -0.05) is 66.7 Å². The van der Waals surface area contributed by atoms with Crippen molar-refractivity contribution >= 4 is 17.1 Å². The van der Waals surface area contributed by atoms with Crippen LogP contribution in [0.25, 0.3) is 5.57 Å². The average Bonchev–Trinajstić information content (AvgIpc) is 3.84. The number of piperazine rings is 1. The van der Waals surface area contributed by atoms with Gasteiger partial charge in [-0.25, -0.2) is 0 Å². The Kier molecular flexibility index (Phi) is 8.62. The smallest absolute Gasteiger partial charge is 0.126 e. The van der Waals surface area contributed by atoms with Crippen molar-refractivity contribution in [2.45, 2.75) is 19.4 Å². The highest BCUT2D eigenvalue weighted by molar-refractivity contribution is 5.95. The van der Waals surface area contributed by atoms with Crippen LogP contribution in [0.15, 0.2) is 103 Å². The van der Waals surface area contributed by atoms with Gasteiger partial charge in [0.15, 0.2) is 0 Å². The second kappa shape index (κ2) is 12.7. The lowest BCUT2D eigenvalue weighted by Crippen LogP contribution is -2.51. The molecule has 5 heteroatoms. The number of para-hydroxylation sites is 1. The van der Waals surface area contributed by atoms with Crippen molar-refractivity contribution in [3.63, 3.8) is 0 Å². The minimum absolute atomic E-state index is 0.214. The zero-order valence-corrected chi connectivity index (χ0v) is 22.9. The highest BCUT2D eigenvalue weighted by Gasteiger charge is 2.34. The number of benzene rings is 3. The van der Waals surface area contributed by atoms with E-state index in [4.69, 9.17) is 4.74 Å². The zero-order valence-electron chi connectivity index (χ0n) is 22.9. The van der Waals surface area contributed by atoms with Gasteiger partial charge in [0.1, 0.15) is 11.6 Å². The summed E-state index contributed by atoms with van der Waals surface area (Å²) in [7, 11) is 1.73.